The van der Waals surface area contributed by atoms with Gasteiger partial charge in [-0.2, -0.15) is 0 Å². The van der Waals surface area contributed by atoms with Crippen LogP contribution in [0.25, 0.3) is 11.6 Å². The third kappa shape index (κ3) is 3.97. The number of carbonyl (C=O) groups excluding carboxylic acids is 1. The summed E-state index contributed by atoms with van der Waals surface area (Å²) in [4.78, 5) is 17.6. The molecule has 1 aliphatic heterocycles. The Morgan fingerprint density at radius 3 is 2.54 bits per heavy atom. The van der Waals surface area contributed by atoms with Gasteiger partial charge in [0, 0.05) is 25.4 Å². The fraction of sp³-hybridized carbons (Fsp3) is 0.318. The number of H-pyrrole nitrogens is 1. The summed E-state index contributed by atoms with van der Waals surface area (Å²) in [5.74, 6) is 1.80. The second-order valence-corrected chi connectivity index (χ2v) is 6.63. The largest absolute Gasteiger partial charge is 0.496 e. The molecule has 0 unspecified atom stereocenters. The quantitative estimate of drug-likeness (QED) is 0.585. The van der Waals surface area contributed by atoms with Crippen molar-refractivity contribution in [3.8, 4) is 17.2 Å². The summed E-state index contributed by atoms with van der Waals surface area (Å²) in [5.41, 5.74) is 3.31. The summed E-state index contributed by atoms with van der Waals surface area (Å²) in [6.07, 6.45) is 8.05. The van der Waals surface area contributed by atoms with Gasteiger partial charge in [0.2, 0.25) is 5.78 Å². The zero-order valence-corrected chi connectivity index (χ0v) is 16.7. The van der Waals surface area contributed by atoms with E-state index in [1.54, 1.807) is 45.7 Å². The molecule has 0 saturated heterocycles. The van der Waals surface area contributed by atoms with E-state index < -0.39 is 0 Å². The summed E-state index contributed by atoms with van der Waals surface area (Å²) in [6, 6.07) is 5.38. The molecule has 0 aliphatic carbocycles. The highest BCUT2D eigenvalue weighted by Crippen LogP contribution is 2.45. The number of nitrogens with zero attached hydrogens (tertiary/aromatic N) is 1. The van der Waals surface area contributed by atoms with Crippen LogP contribution in [0.4, 0.5) is 0 Å². The Bertz CT molecular complexity index is 898. The van der Waals surface area contributed by atoms with Crippen molar-refractivity contribution in [2.24, 2.45) is 0 Å². The number of aromatic nitrogens is 1. The minimum absolute atomic E-state index is 0.120. The number of aromatic amines is 1. The molecule has 0 saturated carbocycles. The predicted molar refractivity (Wildman–Crippen MR) is 110 cm³/mol. The molecule has 1 aliphatic rings. The topological polar surface area (TPSA) is 63.8 Å². The lowest BCUT2D eigenvalue weighted by atomic mass is 9.94. The molecule has 0 radical (unpaired) electrons. The summed E-state index contributed by atoms with van der Waals surface area (Å²) in [7, 11) is 6.94. The number of ether oxygens (including phenoxy) is 3. The molecule has 6 heteroatoms. The van der Waals surface area contributed by atoms with Gasteiger partial charge in [0.1, 0.15) is 17.2 Å². The summed E-state index contributed by atoms with van der Waals surface area (Å²) in [6.45, 7) is 1.82. The number of benzene rings is 1. The zero-order chi connectivity index (χ0) is 20.1. The van der Waals surface area contributed by atoms with E-state index in [9.17, 15) is 4.79 Å². The van der Waals surface area contributed by atoms with Crippen LogP contribution in [0.3, 0.4) is 0 Å². The maximum absolute atomic E-state index is 12.4. The standard InChI is InChI=1S/C22H26N2O4/c1-24-12-9-15(10-13-24)21-20(27-3)14-19(26-2)16(22(21)28-4)7-8-18(25)17-6-5-11-23-17/h5-9,11,14,23H,10,12-13H2,1-4H3/b8-7+. The fourth-order valence-electron chi connectivity index (χ4n) is 3.36. The molecule has 0 bridgehead atoms. The summed E-state index contributed by atoms with van der Waals surface area (Å²) < 4.78 is 17.0. The minimum Gasteiger partial charge on any atom is -0.496 e. The van der Waals surface area contributed by atoms with E-state index in [0.717, 1.165) is 25.1 Å². The van der Waals surface area contributed by atoms with Crippen LogP contribution in [0.15, 0.2) is 36.5 Å². The van der Waals surface area contributed by atoms with Crippen LogP contribution in [0.1, 0.15) is 28.0 Å². The molecule has 28 heavy (non-hydrogen) atoms. The van der Waals surface area contributed by atoms with E-state index in [4.69, 9.17) is 14.2 Å². The Labute approximate surface area is 165 Å². The molecule has 1 aromatic heterocycles. The van der Waals surface area contributed by atoms with Gasteiger partial charge < -0.3 is 24.1 Å². The lowest BCUT2D eigenvalue weighted by molar-refractivity contribution is 0.104. The molecular formula is C22H26N2O4. The molecule has 2 aromatic rings. The van der Waals surface area contributed by atoms with Gasteiger partial charge in [-0.25, -0.2) is 0 Å². The number of ketones is 1. The molecule has 148 valence electrons. The fourth-order valence-corrected chi connectivity index (χ4v) is 3.36. The van der Waals surface area contributed by atoms with Crippen LogP contribution in [0.2, 0.25) is 0 Å². The third-order valence-corrected chi connectivity index (χ3v) is 4.89. The minimum atomic E-state index is -0.120. The van der Waals surface area contributed by atoms with E-state index in [1.165, 1.54) is 11.6 Å². The van der Waals surface area contributed by atoms with Crippen molar-refractivity contribution < 1.29 is 19.0 Å². The van der Waals surface area contributed by atoms with Gasteiger partial charge in [0.05, 0.1) is 38.2 Å². The summed E-state index contributed by atoms with van der Waals surface area (Å²) >= 11 is 0. The van der Waals surface area contributed by atoms with Crippen LogP contribution >= 0.6 is 0 Å². The number of nitrogens with one attached hydrogen (secondary N) is 1. The normalized spacial score (nSPS) is 14.8. The highest BCUT2D eigenvalue weighted by atomic mass is 16.5. The Morgan fingerprint density at radius 2 is 1.96 bits per heavy atom. The molecule has 1 aromatic carbocycles. The second kappa shape index (κ2) is 8.80. The molecule has 2 heterocycles. The molecule has 0 amide bonds. The number of hydrogen-bond donors (Lipinski definition) is 1. The first-order chi connectivity index (χ1) is 13.6. The Balaban J connectivity index is 2.10. The highest BCUT2D eigenvalue weighted by molar-refractivity contribution is 6.06. The van der Waals surface area contributed by atoms with Gasteiger partial charge in [0.15, 0.2) is 0 Å². The number of allylic oxidation sites excluding steroid dienone is 1. The van der Waals surface area contributed by atoms with Crippen molar-refractivity contribution in [2.45, 2.75) is 6.42 Å². The van der Waals surface area contributed by atoms with Gasteiger partial charge in [-0.1, -0.05) is 6.08 Å². The molecular weight excluding hydrogens is 356 g/mol. The molecule has 0 fully saturated rings. The van der Waals surface area contributed by atoms with E-state index >= 15 is 0 Å². The summed E-state index contributed by atoms with van der Waals surface area (Å²) in [5, 5.41) is 0. The average molecular weight is 382 g/mol. The Kier molecular flexibility index (Phi) is 6.21. The van der Waals surface area contributed by atoms with Crippen molar-refractivity contribution in [3.63, 3.8) is 0 Å². The third-order valence-electron chi connectivity index (χ3n) is 4.89. The van der Waals surface area contributed by atoms with E-state index in [2.05, 4.69) is 23.0 Å². The van der Waals surface area contributed by atoms with Crippen molar-refractivity contribution in [2.75, 3.05) is 41.5 Å². The monoisotopic (exact) mass is 382 g/mol. The molecule has 3 rings (SSSR count). The van der Waals surface area contributed by atoms with Crippen molar-refractivity contribution >= 4 is 17.4 Å². The van der Waals surface area contributed by atoms with Gasteiger partial charge >= 0.3 is 0 Å². The zero-order valence-electron chi connectivity index (χ0n) is 16.7. The van der Waals surface area contributed by atoms with Crippen LogP contribution in [-0.4, -0.2) is 57.1 Å². The highest BCUT2D eigenvalue weighted by Gasteiger charge is 2.23. The van der Waals surface area contributed by atoms with Gasteiger partial charge in [-0.05, 0) is 43.3 Å². The Morgan fingerprint density at radius 1 is 1.18 bits per heavy atom. The maximum Gasteiger partial charge on any atom is 0.201 e. The second-order valence-electron chi connectivity index (χ2n) is 6.63. The predicted octanol–water partition coefficient (Wildman–Crippen LogP) is 3.66. The maximum atomic E-state index is 12.4. The molecule has 0 spiro atoms. The number of methoxy groups -OCH3 is 3. The van der Waals surface area contributed by atoms with Crippen LogP contribution in [0.5, 0.6) is 17.2 Å². The Hall–Kier alpha value is -2.99. The first-order valence-corrected chi connectivity index (χ1v) is 9.15. The number of likely N-dealkylation sites (N-methyl/N-ethyl adjacent to an activating group) is 1. The van der Waals surface area contributed by atoms with Crippen LogP contribution < -0.4 is 14.2 Å². The SMILES string of the molecule is COc1cc(OC)c(C2=CCN(C)CC2)c(OC)c1/C=C/C(=O)c1ccc[nH]1. The van der Waals surface area contributed by atoms with E-state index in [0.29, 0.717) is 28.5 Å². The number of carbonyl (C=O) groups is 1. The van der Waals surface area contributed by atoms with E-state index in [-0.39, 0.29) is 5.78 Å². The first kappa shape index (κ1) is 19.8. The van der Waals surface area contributed by atoms with Gasteiger partial charge in [-0.3, -0.25) is 4.79 Å². The molecule has 6 nitrogen and oxygen atoms in total. The molecule has 1 N–H and O–H groups in total. The van der Waals surface area contributed by atoms with E-state index in [1.807, 2.05) is 6.07 Å². The van der Waals surface area contributed by atoms with Crippen molar-refractivity contribution in [1.82, 2.24) is 9.88 Å². The first-order valence-electron chi connectivity index (χ1n) is 9.15. The number of hydrogen-bond acceptors (Lipinski definition) is 5. The lowest BCUT2D eigenvalue weighted by Gasteiger charge is -2.25. The van der Waals surface area contributed by atoms with Crippen LogP contribution in [0, 0.1) is 0 Å². The lowest BCUT2D eigenvalue weighted by Crippen LogP contribution is -2.24. The smallest absolute Gasteiger partial charge is 0.201 e. The van der Waals surface area contributed by atoms with Gasteiger partial charge in [-0.15, -0.1) is 0 Å². The number of rotatable bonds is 7. The van der Waals surface area contributed by atoms with Crippen LogP contribution in [-0.2, 0) is 0 Å². The van der Waals surface area contributed by atoms with Crippen molar-refractivity contribution in [1.29, 1.82) is 0 Å². The van der Waals surface area contributed by atoms with Crippen molar-refractivity contribution in [3.05, 3.63) is 53.4 Å². The molecule has 0 atom stereocenters. The average Bonchev–Trinajstić information content (AvgIpc) is 3.26. The van der Waals surface area contributed by atoms with Gasteiger partial charge in [0.25, 0.3) is 0 Å².